The maximum absolute atomic E-state index is 12.7. The van der Waals surface area contributed by atoms with E-state index in [1.807, 2.05) is 59.8 Å². The first-order valence-electron chi connectivity index (χ1n) is 9.89. The van der Waals surface area contributed by atoms with Crippen molar-refractivity contribution in [1.82, 2.24) is 19.4 Å². The van der Waals surface area contributed by atoms with Crippen molar-refractivity contribution in [3.8, 4) is 0 Å². The Morgan fingerprint density at radius 1 is 1.00 bits per heavy atom. The van der Waals surface area contributed by atoms with Crippen LogP contribution in [-0.2, 0) is 16.1 Å². The second-order valence-corrected chi connectivity index (χ2v) is 7.29. The molecule has 0 saturated carbocycles. The minimum Gasteiger partial charge on any atom is -0.346 e. The molecule has 2 N–H and O–H groups in total. The van der Waals surface area contributed by atoms with E-state index in [1.165, 1.54) is 0 Å². The standard InChI is InChI=1S/C22H25N5O2/c23-21(18-4-2-1-3-5-18)22(29)27-14-12-26(13-15-27)20(28)8-11-25-10-7-17-6-9-24-16-19(17)25/h1-7,9-10,16,21H,8,11-15,23H2. The molecule has 150 valence electrons. The molecule has 7 heteroatoms. The van der Waals surface area contributed by atoms with Crippen LogP contribution in [-0.4, -0.2) is 57.3 Å². The molecule has 1 aliphatic rings. The van der Waals surface area contributed by atoms with Gasteiger partial charge < -0.3 is 20.1 Å². The lowest BCUT2D eigenvalue weighted by Crippen LogP contribution is -2.52. The average molecular weight is 391 g/mol. The summed E-state index contributed by atoms with van der Waals surface area (Å²) in [7, 11) is 0. The van der Waals surface area contributed by atoms with Crippen LogP contribution in [0.15, 0.2) is 61.1 Å². The fourth-order valence-corrected chi connectivity index (χ4v) is 3.77. The molecule has 0 bridgehead atoms. The zero-order valence-corrected chi connectivity index (χ0v) is 16.3. The lowest BCUT2D eigenvalue weighted by molar-refractivity contribution is -0.140. The fourth-order valence-electron chi connectivity index (χ4n) is 3.77. The largest absolute Gasteiger partial charge is 0.346 e. The van der Waals surface area contributed by atoms with Gasteiger partial charge in [-0.15, -0.1) is 0 Å². The van der Waals surface area contributed by atoms with Crippen LogP contribution in [0.2, 0.25) is 0 Å². The summed E-state index contributed by atoms with van der Waals surface area (Å²) < 4.78 is 2.05. The molecular formula is C22H25N5O2. The number of carbonyl (C=O) groups excluding carboxylic acids is 2. The number of nitrogens with zero attached hydrogens (tertiary/aromatic N) is 4. The van der Waals surface area contributed by atoms with E-state index in [9.17, 15) is 9.59 Å². The van der Waals surface area contributed by atoms with Gasteiger partial charge in [0.05, 0.1) is 11.7 Å². The Kier molecular flexibility index (Phi) is 5.57. The molecule has 1 saturated heterocycles. The van der Waals surface area contributed by atoms with Gasteiger partial charge in [-0.25, -0.2) is 0 Å². The number of pyridine rings is 1. The molecule has 1 unspecified atom stereocenters. The summed E-state index contributed by atoms with van der Waals surface area (Å²) >= 11 is 0. The van der Waals surface area contributed by atoms with Crippen molar-refractivity contribution in [2.45, 2.75) is 19.0 Å². The lowest BCUT2D eigenvalue weighted by Gasteiger charge is -2.36. The van der Waals surface area contributed by atoms with Crippen molar-refractivity contribution in [3.05, 3.63) is 66.6 Å². The van der Waals surface area contributed by atoms with Gasteiger partial charge in [-0.2, -0.15) is 0 Å². The van der Waals surface area contributed by atoms with E-state index in [1.54, 1.807) is 11.1 Å². The number of hydrogen-bond acceptors (Lipinski definition) is 4. The summed E-state index contributed by atoms with van der Waals surface area (Å²) in [5.41, 5.74) is 7.97. The van der Waals surface area contributed by atoms with Crippen LogP contribution in [0.1, 0.15) is 18.0 Å². The monoisotopic (exact) mass is 391 g/mol. The summed E-state index contributed by atoms with van der Waals surface area (Å²) in [5, 5.41) is 1.12. The zero-order chi connectivity index (χ0) is 20.2. The van der Waals surface area contributed by atoms with Crippen LogP contribution in [0.3, 0.4) is 0 Å². The number of benzene rings is 1. The number of amides is 2. The SMILES string of the molecule is NC(C(=O)N1CCN(C(=O)CCn2ccc3ccncc32)CC1)c1ccccc1. The van der Waals surface area contributed by atoms with Crippen molar-refractivity contribution in [2.24, 2.45) is 5.73 Å². The third-order valence-electron chi connectivity index (χ3n) is 5.51. The van der Waals surface area contributed by atoms with Crippen LogP contribution in [0.25, 0.3) is 10.9 Å². The van der Waals surface area contributed by atoms with Crippen LogP contribution in [0.5, 0.6) is 0 Å². The van der Waals surface area contributed by atoms with Crippen LogP contribution >= 0.6 is 0 Å². The first-order valence-corrected chi connectivity index (χ1v) is 9.89. The Bertz CT molecular complexity index is 993. The summed E-state index contributed by atoms with van der Waals surface area (Å²) in [6.07, 6.45) is 6.00. The maximum Gasteiger partial charge on any atom is 0.244 e. The lowest BCUT2D eigenvalue weighted by atomic mass is 10.1. The first-order chi connectivity index (χ1) is 14.1. The molecule has 0 radical (unpaired) electrons. The molecule has 2 aromatic heterocycles. The Labute approximate surface area is 169 Å². The molecule has 3 aromatic rings. The van der Waals surface area contributed by atoms with Gasteiger partial charge in [0.15, 0.2) is 0 Å². The van der Waals surface area contributed by atoms with E-state index < -0.39 is 6.04 Å². The number of carbonyl (C=O) groups is 2. The van der Waals surface area contributed by atoms with E-state index in [4.69, 9.17) is 5.73 Å². The topological polar surface area (TPSA) is 84.5 Å². The van der Waals surface area contributed by atoms with Gasteiger partial charge in [0, 0.05) is 56.9 Å². The maximum atomic E-state index is 12.7. The molecule has 2 amide bonds. The van der Waals surface area contributed by atoms with Crippen molar-refractivity contribution < 1.29 is 9.59 Å². The Balaban J connectivity index is 1.29. The highest BCUT2D eigenvalue weighted by atomic mass is 16.2. The van der Waals surface area contributed by atoms with Crippen LogP contribution in [0, 0.1) is 0 Å². The second-order valence-electron chi connectivity index (χ2n) is 7.29. The smallest absolute Gasteiger partial charge is 0.244 e. The molecule has 1 fully saturated rings. The molecular weight excluding hydrogens is 366 g/mol. The van der Waals surface area contributed by atoms with Crippen molar-refractivity contribution in [1.29, 1.82) is 0 Å². The molecule has 4 rings (SSSR count). The molecule has 1 aliphatic heterocycles. The van der Waals surface area contributed by atoms with Crippen LogP contribution in [0.4, 0.5) is 0 Å². The zero-order valence-electron chi connectivity index (χ0n) is 16.3. The molecule has 1 aromatic carbocycles. The number of aryl methyl sites for hydroxylation is 1. The van der Waals surface area contributed by atoms with Crippen molar-refractivity contribution in [2.75, 3.05) is 26.2 Å². The number of rotatable bonds is 5. The molecule has 0 spiro atoms. The van der Waals surface area contributed by atoms with Crippen molar-refractivity contribution in [3.63, 3.8) is 0 Å². The van der Waals surface area contributed by atoms with E-state index in [0.29, 0.717) is 39.1 Å². The number of hydrogen-bond donors (Lipinski definition) is 1. The van der Waals surface area contributed by atoms with Crippen molar-refractivity contribution >= 4 is 22.7 Å². The Morgan fingerprint density at radius 3 is 2.48 bits per heavy atom. The number of aromatic nitrogens is 2. The third kappa shape index (κ3) is 4.14. The number of piperazine rings is 1. The first kappa shape index (κ1) is 19.1. The highest BCUT2D eigenvalue weighted by Gasteiger charge is 2.27. The van der Waals surface area contributed by atoms with Gasteiger partial charge in [0.1, 0.15) is 6.04 Å². The normalized spacial score (nSPS) is 15.5. The number of nitrogens with two attached hydrogens (primary N) is 1. The molecule has 29 heavy (non-hydrogen) atoms. The van der Waals surface area contributed by atoms with Gasteiger partial charge in [-0.1, -0.05) is 30.3 Å². The fraction of sp³-hybridized carbons (Fsp3) is 0.318. The number of fused-ring (bicyclic) bond motifs is 1. The minimum atomic E-state index is -0.658. The van der Waals surface area contributed by atoms with E-state index in [-0.39, 0.29) is 11.8 Å². The van der Waals surface area contributed by atoms with E-state index >= 15 is 0 Å². The van der Waals surface area contributed by atoms with E-state index in [0.717, 1.165) is 16.5 Å². The highest BCUT2D eigenvalue weighted by Crippen LogP contribution is 2.16. The summed E-state index contributed by atoms with van der Waals surface area (Å²) in [6.45, 7) is 2.73. The predicted molar refractivity (Wildman–Crippen MR) is 111 cm³/mol. The molecule has 7 nitrogen and oxygen atoms in total. The van der Waals surface area contributed by atoms with Gasteiger partial charge in [-0.3, -0.25) is 14.6 Å². The minimum absolute atomic E-state index is 0.0883. The van der Waals surface area contributed by atoms with E-state index in [2.05, 4.69) is 9.55 Å². The molecule has 0 aliphatic carbocycles. The summed E-state index contributed by atoms with van der Waals surface area (Å²) in [5.74, 6) is 0.0183. The van der Waals surface area contributed by atoms with Crippen LogP contribution < -0.4 is 5.73 Å². The summed E-state index contributed by atoms with van der Waals surface area (Å²) in [6, 6.07) is 12.7. The highest BCUT2D eigenvalue weighted by molar-refractivity contribution is 5.84. The van der Waals surface area contributed by atoms with Gasteiger partial charge in [0.2, 0.25) is 11.8 Å². The summed E-state index contributed by atoms with van der Waals surface area (Å²) in [4.78, 5) is 33.1. The van der Waals surface area contributed by atoms with Gasteiger partial charge in [0.25, 0.3) is 0 Å². The molecule has 3 heterocycles. The Hall–Kier alpha value is -3.19. The third-order valence-corrected chi connectivity index (χ3v) is 5.51. The quantitative estimate of drug-likeness (QED) is 0.719. The molecule has 1 atom stereocenters. The second kappa shape index (κ2) is 8.45. The predicted octanol–water partition coefficient (Wildman–Crippen LogP) is 1.80. The van der Waals surface area contributed by atoms with Gasteiger partial charge in [-0.05, 0) is 17.7 Å². The van der Waals surface area contributed by atoms with Gasteiger partial charge >= 0.3 is 0 Å². The Morgan fingerprint density at radius 2 is 1.72 bits per heavy atom. The average Bonchev–Trinajstić information content (AvgIpc) is 3.20.